The summed E-state index contributed by atoms with van der Waals surface area (Å²) in [5.74, 6) is 0.197. The van der Waals surface area contributed by atoms with E-state index in [9.17, 15) is 9.59 Å². The maximum Gasteiger partial charge on any atom is 0.410 e. The number of Topliss-reactive ketones (excluding diaryl/α,β-unsaturated/α-hetero) is 1. The lowest BCUT2D eigenvalue weighted by molar-refractivity contribution is -0.126. The van der Waals surface area contributed by atoms with Gasteiger partial charge < -0.3 is 4.74 Å². The molecule has 4 heteroatoms. The molecule has 0 spiro atoms. The first kappa shape index (κ1) is 18.0. The van der Waals surface area contributed by atoms with Crippen LogP contribution in [0.1, 0.15) is 79.1 Å². The molecule has 0 N–H and O–H groups in total. The van der Waals surface area contributed by atoms with Gasteiger partial charge in [0.2, 0.25) is 0 Å². The maximum atomic E-state index is 12.4. The Hall–Kier alpha value is -1.06. The van der Waals surface area contributed by atoms with Crippen LogP contribution >= 0.6 is 0 Å². The summed E-state index contributed by atoms with van der Waals surface area (Å²) < 4.78 is 5.49. The van der Waals surface area contributed by atoms with Crippen LogP contribution in [0.15, 0.2) is 0 Å². The van der Waals surface area contributed by atoms with Crippen LogP contribution in [0.2, 0.25) is 0 Å². The van der Waals surface area contributed by atoms with Crippen molar-refractivity contribution in [3.63, 3.8) is 0 Å². The van der Waals surface area contributed by atoms with E-state index in [1.54, 1.807) is 4.90 Å². The normalized spacial score (nSPS) is 19.4. The van der Waals surface area contributed by atoms with E-state index in [1.165, 1.54) is 6.42 Å². The van der Waals surface area contributed by atoms with Crippen LogP contribution < -0.4 is 0 Å². The fraction of sp³-hybridized carbons (Fsp3) is 0.882. The van der Waals surface area contributed by atoms with Gasteiger partial charge in [-0.15, -0.1) is 0 Å². The fourth-order valence-electron chi connectivity index (χ4n) is 2.70. The largest absolute Gasteiger partial charge is 0.444 e. The molecule has 0 aliphatic heterocycles. The lowest BCUT2D eigenvalue weighted by Gasteiger charge is -2.34. The number of carbonyl (C=O) groups excluding carboxylic acids is 2. The number of hydrogen-bond donors (Lipinski definition) is 0. The number of ketones is 1. The molecule has 1 aliphatic rings. The van der Waals surface area contributed by atoms with E-state index >= 15 is 0 Å². The summed E-state index contributed by atoms with van der Waals surface area (Å²) in [7, 11) is 0. The molecule has 1 unspecified atom stereocenters. The number of nitrogens with zero attached hydrogens (tertiary/aromatic N) is 1. The van der Waals surface area contributed by atoms with Crippen molar-refractivity contribution < 1.29 is 14.3 Å². The molecule has 1 atom stereocenters. The van der Waals surface area contributed by atoms with Crippen LogP contribution in [-0.2, 0) is 9.53 Å². The van der Waals surface area contributed by atoms with E-state index in [2.05, 4.69) is 6.92 Å². The van der Waals surface area contributed by atoms with E-state index in [4.69, 9.17) is 4.74 Å². The minimum absolute atomic E-state index is 0.197. The third-order valence-corrected chi connectivity index (χ3v) is 3.78. The third-order valence-electron chi connectivity index (χ3n) is 3.78. The molecule has 4 nitrogen and oxygen atoms in total. The zero-order valence-corrected chi connectivity index (χ0v) is 14.1. The molecular formula is C17H31NO3. The lowest BCUT2D eigenvalue weighted by atomic mass is 9.93. The average Bonchev–Trinajstić information content (AvgIpc) is 2.38. The predicted octanol–water partition coefficient (Wildman–Crippen LogP) is 4.32. The number of carbonyl (C=O) groups is 2. The Morgan fingerprint density at radius 1 is 1.24 bits per heavy atom. The molecule has 0 bridgehead atoms. The number of amides is 1. The van der Waals surface area contributed by atoms with Gasteiger partial charge >= 0.3 is 6.09 Å². The van der Waals surface area contributed by atoms with E-state index in [1.807, 2.05) is 20.8 Å². The van der Waals surface area contributed by atoms with Gasteiger partial charge in [0, 0.05) is 13.0 Å². The summed E-state index contributed by atoms with van der Waals surface area (Å²) in [6.07, 6.45) is 7.38. The van der Waals surface area contributed by atoms with Crippen LogP contribution in [-0.4, -0.2) is 35.0 Å². The molecule has 0 aromatic heterocycles. The summed E-state index contributed by atoms with van der Waals surface area (Å²) in [6, 6.07) is -0.268. The molecule has 0 aromatic carbocycles. The molecule has 1 amide bonds. The smallest absolute Gasteiger partial charge is 0.410 e. The molecule has 122 valence electrons. The second kappa shape index (κ2) is 8.40. The number of ether oxygens (including phenoxy) is 1. The molecule has 21 heavy (non-hydrogen) atoms. The quantitative estimate of drug-likeness (QED) is 0.686. The van der Waals surface area contributed by atoms with Crippen LogP contribution in [0.3, 0.4) is 0 Å². The van der Waals surface area contributed by atoms with E-state index in [0.29, 0.717) is 13.0 Å². The van der Waals surface area contributed by atoms with Crippen molar-refractivity contribution in [3.8, 4) is 0 Å². The molecule has 1 saturated carbocycles. The van der Waals surface area contributed by atoms with Gasteiger partial charge in [0.1, 0.15) is 5.60 Å². The first-order valence-corrected chi connectivity index (χ1v) is 8.37. The summed E-state index contributed by atoms with van der Waals surface area (Å²) in [4.78, 5) is 26.2. The second-order valence-corrected chi connectivity index (χ2v) is 6.96. The standard InChI is InChI=1S/C17H31NO3/c1-5-6-7-10-13-18(16(20)21-17(2,3)4)14-11-8-9-12-15(14)19/h14H,5-13H2,1-4H3. The highest BCUT2D eigenvalue weighted by atomic mass is 16.6. The SMILES string of the molecule is CCCCCCN(C(=O)OC(C)(C)C)C1CCCCC1=O. The van der Waals surface area contributed by atoms with E-state index in [-0.39, 0.29) is 17.9 Å². The Morgan fingerprint density at radius 2 is 1.95 bits per heavy atom. The maximum absolute atomic E-state index is 12.4. The monoisotopic (exact) mass is 297 g/mol. The highest BCUT2D eigenvalue weighted by Gasteiger charge is 2.33. The topological polar surface area (TPSA) is 46.6 Å². The van der Waals surface area contributed by atoms with Gasteiger partial charge in [0.25, 0.3) is 0 Å². The molecule has 1 aliphatic carbocycles. The van der Waals surface area contributed by atoms with Gasteiger partial charge in [-0.2, -0.15) is 0 Å². The summed E-state index contributed by atoms with van der Waals surface area (Å²) >= 11 is 0. The molecule has 0 saturated heterocycles. The average molecular weight is 297 g/mol. The molecule has 0 heterocycles. The molecule has 1 fully saturated rings. The number of hydrogen-bond acceptors (Lipinski definition) is 3. The minimum atomic E-state index is -0.517. The van der Waals surface area contributed by atoms with E-state index < -0.39 is 5.60 Å². The van der Waals surface area contributed by atoms with Crippen molar-refractivity contribution in [1.82, 2.24) is 4.90 Å². The highest BCUT2D eigenvalue weighted by Crippen LogP contribution is 2.22. The zero-order valence-electron chi connectivity index (χ0n) is 14.1. The minimum Gasteiger partial charge on any atom is -0.444 e. The Morgan fingerprint density at radius 3 is 2.52 bits per heavy atom. The summed E-state index contributed by atoms with van der Waals surface area (Å²) in [6.45, 7) is 8.39. The van der Waals surface area contributed by atoms with Crippen molar-refractivity contribution in [1.29, 1.82) is 0 Å². The number of unbranched alkanes of at least 4 members (excludes halogenated alkanes) is 3. The lowest BCUT2D eigenvalue weighted by Crippen LogP contribution is -2.48. The van der Waals surface area contributed by atoms with Crippen LogP contribution in [0.5, 0.6) is 0 Å². The fourth-order valence-corrected chi connectivity index (χ4v) is 2.70. The van der Waals surface area contributed by atoms with Crippen LogP contribution in [0.25, 0.3) is 0 Å². The third kappa shape index (κ3) is 6.49. The van der Waals surface area contributed by atoms with Gasteiger partial charge in [-0.1, -0.05) is 32.6 Å². The Kier molecular flexibility index (Phi) is 7.20. The van der Waals surface area contributed by atoms with Crippen molar-refractivity contribution in [3.05, 3.63) is 0 Å². The molecule has 1 rings (SSSR count). The van der Waals surface area contributed by atoms with Crippen molar-refractivity contribution >= 4 is 11.9 Å². The zero-order chi connectivity index (χ0) is 15.9. The van der Waals surface area contributed by atoms with Gasteiger partial charge in [-0.3, -0.25) is 9.69 Å². The van der Waals surface area contributed by atoms with Crippen LogP contribution in [0.4, 0.5) is 4.79 Å². The molecule has 0 radical (unpaired) electrons. The van der Waals surface area contributed by atoms with Gasteiger partial charge in [0.05, 0.1) is 6.04 Å². The summed E-state index contributed by atoms with van der Waals surface area (Å²) in [5.41, 5.74) is -0.517. The summed E-state index contributed by atoms with van der Waals surface area (Å²) in [5, 5.41) is 0. The van der Waals surface area contributed by atoms with Crippen molar-refractivity contribution in [2.75, 3.05) is 6.54 Å². The molecule has 0 aromatic rings. The van der Waals surface area contributed by atoms with Gasteiger partial charge in [0.15, 0.2) is 5.78 Å². The van der Waals surface area contributed by atoms with Gasteiger partial charge in [-0.25, -0.2) is 4.79 Å². The first-order chi connectivity index (χ1) is 9.85. The molecular weight excluding hydrogens is 266 g/mol. The van der Waals surface area contributed by atoms with Crippen molar-refractivity contribution in [2.24, 2.45) is 0 Å². The highest BCUT2D eigenvalue weighted by molar-refractivity contribution is 5.88. The van der Waals surface area contributed by atoms with E-state index in [0.717, 1.165) is 38.5 Å². The first-order valence-electron chi connectivity index (χ1n) is 8.37. The van der Waals surface area contributed by atoms with Crippen LogP contribution in [0, 0.1) is 0 Å². The van der Waals surface area contributed by atoms with Crippen molar-refractivity contribution in [2.45, 2.75) is 90.7 Å². The van der Waals surface area contributed by atoms with Gasteiger partial charge in [-0.05, 0) is 40.0 Å². The predicted molar refractivity (Wildman–Crippen MR) is 84.3 cm³/mol. The second-order valence-electron chi connectivity index (χ2n) is 6.96. The Bertz CT molecular complexity index is 346. The Balaban J connectivity index is 2.68. The Labute approximate surface area is 129 Å². The number of rotatable bonds is 6.